The van der Waals surface area contributed by atoms with E-state index in [1.807, 2.05) is 0 Å². The Morgan fingerprint density at radius 1 is 2.00 bits per heavy atom. The molecule has 6 heavy (non-hydrogen) atoms. The first-order valence-electron chi connectivity index (χ1n) is 1.76. The molecule has 1 unspecified atom stereocenters. The molecule has 1 rings (SSSR count). The Labute approximate surface area is 35.5 Å². The summed E-state index contributed by atoms with van der Waals surface area (Å²) < 4.78 is 0. The van der Waals surface area contributed by atoms with Crippen LogP contribution in [0.2, 0.25) is 0 Å². The van der Waals surface area contributed by atoms with Crippen molar-refractivity contribution in [2.75, 3.05) is 6.54 Å². The molecule has 1 aliphatic heterocycles. The Bertz CT molecular complexity index is 76.9. The molecule has 1 saturated heterocycles. The highest BCUT2D eigenvalue weighted by Gasteiger charge is 2.27. The van der Waals surface area contributed by atoms with E-state index in [2.05, 4.69) is 5.32 Å². The molecule has 0 spiro atoms. The maximum absolute atomic E-state index is 9.89. The first-order chi connectivity index (χ1) is 2.80. The number of hydrogen-bond donors (Lipinski definition) is 1. The van der Waals surface area contributed by atoms with Crippen LogP contribution in [-0.2, 0) is 4.79 Å². The fourth-order valence-electron chi connectivity index (χ4n) is 0.233. The zero-order valence-corrected chi connectivity index (χ0v) is 3.22. The van der Waals surface area contributed by atoms with Crippen molar-refractivity contribution in [3.8, 4) is 0 Å². The SMILES string of the molecule is NC(=O)C1C[N]1. The molecule has 1 fully saturated rings. The molecule has 1 radical (unpaired) electrons. The summed E-state index contributed by atoms with van der Waals surface area (Å²) >= 11 is 0. The molecular formula is C3H5N2O. The van der Waals surface area contributed by atoms with Crippen LogP contribution in [0.25, 0.3) is 0 Å². The van der Waals surface area contributed by atoms with E-state index < -0.39 is 0 Å². The molecule has 0 bridgehead atoms. The highest BCUT2D eigenvalue weighted by atomic mass is 16.1. The van der Waals surface area contributed by atoms with Gasteiger partial charge >= 0.3 is 0 Å². The van der Waals surface area contributed by atoms with Gasteiger partial charge in [-0.3, -0.25) is 4.79 Å². The topological polar surface area (TPSA) is 57.2 Å². The summed E-state index contributed by atoms with van der Waals surface area (Å²) in [4.78, 5) is 9.89. The molecule has 3 nitrogen and oxygen atoms in total. The maximum atomic E-state index is 9.89. The predicted octanol–water partition coefficient (Wildman–Crippen LogP) is -1.54. The smallest absolute Gasteiger partial charge is 0.237 e. The summed E-state index contributed by atoms with van der Waals surface area (Å²) in [6.07, 6.45) is 0. The van der Waals surface area contributed by atoms with Gasteiger partial charge in [0.2, 0.25) is 5.91 Å². The minimum atomic E-state index is -0.296. The van der Waals surface area contributed by atoms with E-state index in [-0.39, 0.29) is 11.9 Å². The van der Waals surface area contributed by atoms with Crippen LogP contribution in [0.5, 0.6) is 0 Å². The normalized spacial score (nSPS) is 29.7. The minimum absolute atomic E-state index is 0.134. The van der Waals surface area contributed by atoms with Gasteiger partial charge in [-0.15, -0.1) is 0 Å². The van der Waals surface area contributed by atoms with Crippen molar-refractivity contribution >= 4 is 5.91 Å². The number of carbonyl (C=O) groups excluding carboxylic acids is 1. The van der Waals surface area contributed by atoms with Gasteiger partial charge in [0.05, 0.1) is 0 Å². The third-order valence-electron chi connectivity index (χ3n) is 0.694. The van der Waals surface area contributed by atoms with Gasteiger partial charge in [0.25, 0.3) is 0 Å². The Kier molecular flexibility index (Phi) is 0.569. The van der Waals surface area contributed by atoms with Crippen LogP contribution in [0.1, 0.15) is 0 Å². The lowest BCUT2D eigenvalue weighted by Gasteiger charge is -1.74. The average molecular weight is 85.1 g/mol. The van der Waals surface area contributed by atoms with Crippen molar-refractivity contribution in [1.82, 2.24) is 5.32 Å². The van der Waals surface area contributed by atoms with Crippen LogP contribution in [0, 0.1) is 0 Å². The number of hydrogen-bond acceptors (Lipinski definition) is 1. The number of amides is 1. The zero-order chi connectivity index (χ0) is 4.57. The van der Waals surface area contributed by atoms with Crippen molar-refractivity contribution in [1.29, 1.82) is 0 Å². The van der Waals surface area contributed by atoms with Gasteiger partial charge in [-0.25, -0.2) is 5.32 Å². The quantitative estimate of drug-likeness (QED) is 0.385. The molecule has 0 saturated carbocycles. The van der Waals surface area contributed by atoms with Crippen LogP contribution < -0.4 is 11.1 Å². The molecular weight excluding hydrogens is 80.0 g/mol. The van der Waals surface area contributed by atoms with Gasteiger partial charge in [-0.2, -0.15) is 0 Å². The van der Waals surface area contributed by atoms with Gasteiger partial charge in [0.15, 0.2) is 0 Å². The first kappa shape index (κ1) is 3.61. The second-order valence-electron chi connectivity index (χ2n) is 1.28. The monoisotopic (exact) mass is 85.0 g/mol. The van der Waals surface area contributed by atoms with Crippen LogP contribution in [0.15, 0.2) is 0 Å². The Morgan fingerprint density at radius 3 is 2.50 bits per heavy atom. The maximum Gasteiger partial charge on any atom is 0.237 e. The predicted molar refractivity (Wildman–Crippen MR) is 20.0 cm³/mol. The molecule has 0 aromatic carbocycles. The third-order valence-corrected chi connectivity index (χ3v) is 0.694. The Balaban J connectivity index is 2.31. The summed E-state index contributed by atoms with van der Waals surface area (Å²) in [6.45, 7) is 0.648. The molecule has 1 amide bonds. The molecule has 1 heterocycles. The number of nitrogens with zero attached hydrogens (tertiary/aromatic N) is 1. The summed E-state index contributed by atoms with van der Waals surface area (Å²) in [6, 6.07) is -0.134. The van der Waals surface area contributed by atoms with Crippen molar-refractivity contribution in [3.05, 3.63) is 0 Å². The number of primary amides is 1. The fourth-order valence-corrected chi connectivity index (χ4v) is 0.233. The largest absolute Gasteiger partial charge is 0.368 e. The van der Waals surface area contributed by atoms with Crippen molar-refractivity contribution < 1.29 is 4.79 Å². The van der Waals surface area contributed by atoms with E-state index in [1.54, 1.807) is 0 Å². The average Bonchev–Trinajstić information content (AvgIpc) is 2.06. The molecule has 1 atom stereocenters. The minimum Gasteiger partial charge on any atom is -0.368 e. The second kappa shape index (κ2) is 0.944. The lowest BCUT2D eigenvalue weighted by molar-refractivity contribution is -0.117. The van der Waals surface area contributed by atoms with Crippen LogP contribution in [-0.4, -0.2) is 18.5 Å². The third kappa shape index (κ3) is 0.490. The van der Waals surface area contributed by atoms with Crippen LogP contribution in [0.3, 0.4) is 0 Å². The lowest BCUT2D eigenvalue weighted by atomic mass is 10.5. The van der Waals surface area contributed by atoms with E-state index in [0.717, 1.165) is 0 Å². The van der Waals surface area contributed by atoms with E-state index >= 15 is 0 Å². The number of carbonyl (C=O) groups is 1. The summed E-state index contributed by atoms with van der Waals surface area (Å²) in [5.41, 5.74) is 4.77. The second-order valence-corrected chi connectivity index (χ2v) is 1.28. The highest BCUT2D eigenvalue weighted by molar-refractivity contribution is 5.82. The summed E-state index contributed by atoms with van der Waals surface area (Å²) in [7, 11) is 0. The van der Waals surface area contributed by atoms with Gasteiger partial charge in [0.1, 0.15) is 6.04 Å². The van der Waals surface area contributed by atoms with E-state index in [9.17, 15) is 4.79 Å². The Hall–Kier alpha value is -0.570. The number of nitrogens with two attached hydrogens (primary N) is 1. The molecule has 0 aliphatic carbocycles. The van der Waals surface area contributed by atoms with Crippen LogP contribution in [0.4, 0.5) is 0 Å². The standard InChI is InChI=1S/C3H5N2O/c4-3(6)2-1-5-2/h2H,1H2,(H2,4,6). The van der Waals surface area contributed by atoms with Crippen molar-refractivity contribution in [2.24, 2.45) is 5.73 Å². The highest BCUT2D eigenvalue weighted by Crippen LogP contribution is 1.95. The molecule has 0 aromatic heterocycles. The van der Waals surface area contributed by atoms with Gasteiger partial charge in [-0.05, 0) is 0 Å². The van der Waals surface area contributed by atoms with Crippen LogP contribution >= 0.6 is 0 Å². The lowest BCUT2D eigenvalue weighted by Crippen LogP contribution is -2.18. The number of rotatable bonds is 1. The zero-order valence-electron chi connectivity index (χ0n) is 3.22. The van der Waals surface area contributed by atoms with Crippen molar-refractivity contribution in [3.63, 3.8) is 0 Å². The fraction of sp³-hybridized carbons (Fsp3) is 0.667. The van der Waals surface area contributed by atoms with Crippen molar-refractivity contribution in [2.45, 2.75) is 6.04 Å². The summed E-state index contributed by atoms with van der Waals surface area (Å²) in [5.74, 6) is -0.296. The van der Waals surface area contributed by atoms with E-state index in [0.29, 0.717) is 6.54 Å². The van der Waals surface area contributed by atoms with E-state index in [1.165, 1.54) is 0 Å². The van der Waals surface area contributed by atoms with E-state index in [4.69, 9.17) is 5.73 Å². The first-order valence-corrected chi connectivity index (χ1v) is 1.76. The molecule has 1 aliphatic rings. The van der Waals surface area contributed by atoms with Gasteiger partial charge < -0.3 is 5.73 Å². The molecule has 2 N–H and O–H groups in total. The summed E-state index contributed by atoms with van der Waals surface area (Å²) in [5, 5.41) is 3.63. The van der Waals surface area contributed by atoms with Gasteiger partial charge in [0, 0.05) is 6.54 Å². The molecule has 33 valence electrons. The Morgan fingerprint density at radius 2 is 2.50 bits per heavy atom. The molecule has 3 heteroatoms. The van der Waals surface area contributed by atoms with Gasteiger partial charge in [-0.1, -0.05) is 0 Å². The molecule has 0 aromatic rings.